The number of anilines is 1. The average Bonchev–Trinajstić information content (AvgIpc) is 3.34. The van der Waals surface area contributed by atoms with E-state index in [1.54, 1.807) is 12.4 Å². The van der Waals surface area contributed by atoms with Crippen LogP contribution in [-0.2, 0) is 17.8 Å². The summed E-state index contributed by atoms with van der Waals surface area (Å²) in [6.45, 7) is 2.88. The van der Waals surface area contributed by atoms with Crippen molar-refractivity contribution in [3.63, 3.8) is 0 Å². The molecule has 2 heterocycles. The molecule has 5 heteroatoms. The number of benzene rings is 1. The molecule has 1 saturated carbocycles. The largest absolute Gasteiger partial charge is 0.309 e. The summed E-state index contributed by atoms with van der Waals surface area (Å²) in [7, 11) is 0. The quantitative estimate of drug-likeness (QED) is 0.742. The Morgan fingerprint density at radius 3 is 2.81 bits per heavy atom. The van der Waals surface area contributed by atoms with Crippen molar-refractivity contribution >= 4 is 11.7 Å². The first-order chi connectivity index (χ1) is 12.7. The highest BCUT2D eigenvalue weighted by Crippen LogP contribution is 2.48. The van der Waals surface area contributed by atoms with Crippen LogP contribution < -0.4 is 5.32 Å². The van der Waals surface area contributed by atoms with E-state index < -0.39 is 0 Å². The summed E-state index contributed by atoms with van der Waals surface area (Å²) < 4.78 is 1.86. The Morgan fingerprint density at radius 1 is 1.19 bits per heavy atom. The summed E-state index contributed by atoms with van der Waals surface area (Å²) in [6.07, 6.45) is 7.30. The molecular formula is C21H22N4O. The van der Waals surface area contributed by atoms with Crippen molar-refractivity contribution in [3.05, 3.63) is 77.7 Å². The minimum atomic E-state index is 0.0538. The Morgan fingerprint density at radius 2 is 2.00 bits per heavy atom. The van der Waals surface area contributed by atoms with Crippen LogP contribution in [0.4, 0.5) is 5.82 Å². The minimum Gasteiger partial charge on any atom is -0.309 e. The van der Waals surface area contributed by atoms with Gasteiger partial charge >= 0.3 is 0 Å². The van der Waals surface area contributed by atoms with Gasteiger partial charge in [0.15, 0.2) is 5.82 Å². The Balaban J connectivity index is 1.32. The smallest absolute Gasteiger partial charge is 0.229 e. The van der Waals surface area contributed by atoms with Gasteiger partial charge in [-0.1, -0.05) is 24.3 Å². The molecule has 3 aromatic rings. The van der Waals surface area contributed by atoms with Crippen LogP contribution in [0.1, 0.15) is 29.0 Å². The van der Waals surface area contributed by atoms with E-state index in [1.165, 1.54) is 16.7 Å². The van der Waals surface area contributed by atoms with Gasteiger partial charge in [-0.05, 0) is 54.5 Å². The predicted molar refractivity (Wildman–Crippen MR) is 101 cm³/mol. The molecule has 1 N–H and O–H groups in total. The zero-order valence-electron chi connectivity index (χ0n) is 14.8. The molecule has 4 rings (SSSR count). The number of nitrogens with one attached hydrogen (secondary N) is 1. The van der Waals surface area contributed by atoms with Crippen LogP contribution in [0.5, 0.6) is 0 Å². The number of hydrogen-bond donors (Lipinski definition) is 1. The number of rotatable bonds is 6. The van der Waals surface area contributed by atoms with Gasteiger partial charge in [-0.2, -0.15) is 5.10 Å². The second-order valence-electron chi connectivity index (χ2n) is 6.86. The van der Waals surface area contributed by atoms with E-state index in [4.69, 9.17) is 0 Å². The summed E-state index contributed by atoms with van der Waals surface area (Å²) in [4.78, 5) is 16.5. The second-order valence-corrected chi connectivity index (χ2v) is 6.86. The van der Waals surface area contributed by atoms with Crippen LogP contribution in [0.15, 0.2) is 61.1 Å². The monoisotopic (exact) mass is 346 g/mol. The lowest BCUT2D eigenvalue weighted by Crippen LogP contribution is -2.15. The minimum absolute atomic E-state index is 0.0538. The number of pyridine rings is 1. The Bertz CT molecular complexity index is 903. The number of aryl methyl sites for hydroxylation is 3. The molecule has 26 heavy (non-hydrogen) atoms. The molecule has 0 aliphatic heterocycles. The van der Waals surface area contributed by atoms with Gasteiger partial charge in [-0.25, -0.2) is 0 Å². The fourth-order valence-electron chi connectivity index (χ4n) is 3.40. The van der Waals surface area contributed by atoms with Crippen LogP contribution in [-0.4, -0.2) is 20.7 Å². The summed E-state index contributed by atoms with van der Waals surface area (Å²) in [5.74, 6) is 1.08. The van der Waals surface area contributed by atoms with Crippen molar-refractivity contribution in [1.82, 2.24) is 14.8 Å². The number of carbonyl (C=O) groups is 1. The molecule has 0 saturated heterocycles. The number of carbonyl (C=O) groups excluding carboxylic acids is 1. The lowest BCUT2D eigenvalue weighted by Gasteiger charge is -2.05. The standard InChI is InChI=1S/C21H22N4O/c1-15-4-2-3-5-17(15)18-14-19(18)21(26)23-20-9-13-25(24-20)12-8-16-6-10-22-11-7-16/h2-7,9-11,13,18-19H,8,12,14H2,1H3,(H,23,24,26)/t18-,19+/m1/s1. The van der Waals surface area contributed by atoms with Crippen molar-refractivity contribution in [3.8, 4) is 0 Å². The number of hydrogen-bond acceptors (Lipinski definition) is 3. The molecule has 5 nitrogen and oxygen atoms in total. The van der Waals surface area contributed by atoms with E-state index >= 15 is 0 Å². The average molecular weight is 346 g/mol. The summed E-state index contributed by atoms with van der Waals surface area (Å²) in [5, 5.41) is 7.42. The van der Waals surface area contributed by atoms with Gasteiger partial charge < -0.3 is 5.32 Å². The SMILES string of the molecule is Cc1ccccc1[C@H]1C[C@@H]1C(=O)Nc1ccn(CCc2ccncc2)n1. The lowest BCUT2D eigenvalue weighted by molar-refractivity contribution is -0.117. The molecule has 0 radical (unpaired) electrons. The molecule has 0 unspecified atom stereocenters. The van der Waals surface area contributed by atoms with E-state index in [0.29, 0.717) is 11.7 Å². The molecule has 2 aromatic heterocycles. The molecule has 0 bridgehead atoms. The molecule has 1 aliphatic rings. The first-order valence-electron chi connectivity index (χ1n) is 8.99. The van der Waals surface area contributed by atoms with Gasteiger partial charge in [0.05, 0.1) is 0 Å². The van der Waals surface area contributed by atoms with Crippen LogP contribution in [0.2, 0.25) is 0 Å². The maximum Gasteiger partial charge on any atom is 0.229 e. The lowest BCUT2D eigenvalue weighted by atomic mass is 10.0. The predicted octanol–water partition coefficient (Wildman–Crippen LogP) is 3.57. The zero-order valence-corrected chi connectivity index (χ0v) is 14.8. The fraction of sp³-hybridized carbons (Fsp3) is 0.286. The molecular weight excluding hydrogens is 324 g/mol. The molecule has 1 aliphatic carbocycles. The van der Waals surface area contributed by atoms with Crippen molar-refractivity contribution in [2.24, 2.45) is 5.92 Å². The number of nitrogens with zero attached hydrogens (tertiary/aromatic N) is 3. The highest BCUT2D eigenvalue weighted by Gasteiger charge is 2.44. The first-order valence-corrected chi connectivity index (χ1v) is 8.99. The highest BCUT2D eigenvalue weighted by atomic mass is 16.2. The fourth-order valence-corrected chi connectivity index (χ4v) is 3.40. The van der Waals surface area contributed by atoms with E-state index in [0.717, 1.165) is 19.4 Å². The Labute approximate surface area is 153 Å². The summed E-state index contributed by atoms with van der Waals surface area (Å²) in [6, 6.07) is 14.2. The van der Waals surface area contributed by atoms with Gasteiger partial charge in [0.2, 0.25) is 5.91 Å². The van der Waals surface area contributed by atoms with Gasteiger partial charge in [-0.15, -0.1) is 0 Å². The number of amides is 1. The van der Waals surface area contributed by atoms with Crippen molar-refractivity contribution in [2.75, 3.05) is 5.32 Å². The second kappa shape index (κ2) is 7.12. The van der Waals surface area contributed by atoms with Crippen molar-refractivity contribution in [1.29, 1.82) is 0 Å². The van der Waals surface area contributed by atoms with Gasteiger partial charge in [0, 0.05) is 37.1 Å². The summed E-state index contributed by atoms with van der Waals surface area (Å²) in [5.41, 5.74) is 3.77. The maximum atomic E-state index is 12.5. The third-order valence-corrected chi connectivity index (χ3v) is 4.99. The first kappa shape index (κ1) is 16.5. The summed E-state index contributed by atoms with van der Waals surface area (Å²) >= 11 is 0. The Hall–Kier alpha value is -2.95. The van der Waals surface area contributed by atoms with Crippen LogP contribution >= 0.6 is 0 Å². The van der Waals surface area contributed by atoms with Gasteiger partial charge in [-0.3, -0.25) is 14.5 Å². The normalized spacial score (nSPS) is 18.5. The van der Waals surface area contributed by atoms with Crippen molar-refractivity contribution < 1.29 is 4.79 Å². The van der Waals surface area contributed by atoms with Gasteiger partial charge in [0.1, 0.15) is 0 Å². The molecule has 1 fully saturated rings. The van der Waals surface area contributed by atoms with Crippen LogP contribution in [0, 0.1) is 12.8 Å². The van der Waals surface area contributed by atoms with E-state index in [1.807, 2.05) is 41.2 Å². The molecule has 2 atom stereocenters. The van der Waals surface area contributed by atoms with E-state index in [-0.39, 0.29) is 11.8 Å². The molecule has 1 amide bonds. The zero-order chi connectivity index (χ0) is 17.9. The topological polar surface area (TPSA) is 59.8 Å². The third kappa shape index (κ3) is 3.67. The van der Waals surface area contributed by atoms with E-state index in [2.05, 4.69) is 34.5 Å². The van der Waals surface area contributed by atoms with Crippen molar-refractivity contribution in [2.45, 2.75) is 32.2 Å². The molecule has 132 valence electrons. The third-order valence-electron chi connectivity index (χ3n) is 4.99. The number of aromatic nitrogens is 3. The van der Waals surface area contributed by atoms with E-state index in [9.17, 15) is 4.79 Å². The Kier molecular flexibility index (Phi) is 4.52. The molecule has 1 aromatic carbocycles. The molecule has 0 spiro atoms. The van der Waals surface area contributed by atoms with Crippen LogP contribution in [0.25, 0.3) is 0 Å². The van der Waals surface area contributed by atoms with Crippen LogP contribution in [0.3, 0.4) is 0 Å². The highest BCUT2D eigenvalue weighted by molar-refractivity contribution is 5.94. The van der Waals surface area contributed by atoms with Gasteiger partial charge in [0.25, 0.3) is 0 Å². The maximum absolute atomic E-state index is 12.5.